The third-order valence-corrected chi connectivity index (χ3v) is 8.56. The summed E-state index contributed by atoms with van der Waals surface area (Å²) in [5.74, 6) is -1.19. The van der Waals surface area contributed by atoms with E-state index in [1.54, 1.807) is 6.07 Å². The van der Waals surface area contributed by atoms with Crippen molar-refractivity contribution in [3.63, 3.8) is 0 Å². The molecule has 2 aromatic carbocycles. The molecule has 15 heteroatoms. The number of pyridine rings is 1. The molecule has 0 radical (unpaired) electrons. The van der Waals surface area contributed by atoms with Gasteiger partial charge in [0.1, 0.15) is 18.4 Å². The Hall–Kier alpha value is -3.13. The summed E-state index contributed by atoms with van der Waals surface area (Å²) >= 11 is 18.3. The molecule has 0 bridgehead atoms. The molecule has 2 aliphatic rings. The van der Waals surface area contributed by atoms with E-state index in [4.69, 9.17) is 44.3 Å². The van der Waals surface area contributed by atoms with Crippen molar-refractivity contribution in [3.05, 3.63) is 75.4 Å². The van der Waals surface area contributed by atoms with Crippen LogP contribution in [0.3, 0.4) is 0 Å². The van der Waals surface area contributed by atoms with E-state index in [1.165, 1.54) is 48.7 Å². The monoisotopic (exact) mass is 612 g/mol. The predicted octanol–water partition coefficient (Wildman–Crippen LogP) is 3.39. The van der Waals surface area contributed by atoms with Gasteiger partial charge in [0.05, 0.1) is 45.5 Å². The van der Waals surface area contributed by atoms with Gasteiger partial charge < -0.3 is 19.9 Å². The third kappa shape index (κ3) is 5.49. The molecule has 2 aliphatic heterocycles. The first-order valence-corrected chi connectivity index (χ1v) is 13.9. The number of rotatable bonds is 6. The fourth-order valence-corrected chi connectivity index (χ4v) is 6.45. The summed E-state index contributed by atoms with van der Waals surface area (Å²) in [6.45, 7) is -0.744. The molecule has 2 N–H and O–H groups in total. The Morgan fingerprint density at radius 1 is 1.13 bits per heavy atom. The number of aromatic nitrogens is 1. The number of fused-ring (bicyclic) bond motifs is 1. The molecule has 1 saturated heterocycles. The Kier molecular flexibility index (Phi) is 7.60. The van der Waals surface area contributed by atoms with Crippen LogP contribution in [0.2, 0.25) is 15.1 Å². The van der Waals surface area contributed by atoms with Crippen LogP contribution >= 0.6 is 34.8 Å². The zero-order valence-electron chi connectivity index (χ0n) is 19.8. The summed E-state index contributed by atoms with van der Waals surface area (Å²) in [7, 11) is -4.23. The van der Waals surface area contributed by atoms with Crippen LogP contribution in [0.1, 0.15) is 10.4 Å². The maximum absolute atomic E-state index is 13.8. The van der Waals surface area contributed by atoms with Crippen LogP contribution in [-0.4, -0.2) is 67.4 Å². The van der Waals surface area contributed by atoms with Gasteiger partial charge in [-0.15, -0.1) is 0 Å². The summed E-state index contributed by atoms with van der Waals surface area (Å²) in [5.41, 5.74) is 0.204. The first kappa shape index (κ1) is 27.4. The number of carbonyl (C=O) groups is 2. The van der Waals surface area contributed by atoms with Gasteiger partial charge in [0.25, 0.3) is 21.8 Å². The number of halogens is 3. The van der Waals surface area contributed by atoms with Crippen LogP contribution in [0.25, 0.3) is 0 Å². The Labute approximate surface area is 237 Å². The first-order valence-electron chi connectivity index (χ1n) is 11.3. The molecular formula is C24H19Cl3N4O7S. The van der Waals surface area contributed by atoms with Crippen LogP contribution in [0.4, 0.5) is 11.4 Å². The van der Waals surface area contributed by atoms with Crippen LogP contribution in [0, 0.1) is 0 Å². The summed E-state index contributed by atoms with van der Waals surface area (Å²) < 4.78 is 39.4. The Morgan fingerprint density at radius 2 is 1.85 bits per heavy atom. The highest BCUT2D eigenvalue weighted by Crippen LogP contribution is 2.38. The molecule has 204 valence electrons. The van der Waals surface area contributed by atoms with Crippen molar-refractivity contribution in [2.45, 2.75) is 17.4 Å². The van der Waals surface area contributed by atoms with Crippen LogP contribution in [0.15, 0.2) is 59.6 Å². The number of benzene rings is 2. The Balaban J connectivity index is 1.51. The van der Waals surface area contributed by atoms with Crippen LogP contribution in [0.5, 0.6) is 5.88 Å². The number of ether oxygens (including phenoxy) is 2. The van der Waals surface area contributed by atoms with Gasteiger partial charge in [-0.3, -0.25) is 18.8 Å². The third-order valence-electron chi connectivity index (χ3n) is 5.92. The van der Waals surface area contributed by atoms with Crippen molar-refractivity contribution >= 4 is 68.0 Å². The molecule has 11 nitrogen and oxygen atoms in total. The topological polar surface area (TPSA) is 138 Å². The number of nitrogens with one attached hydrogen (secondary N) is 1. The molecule has 1 aromatic heterocycles. The molecule has 1 fully saturated rings. The second-order valence-corrected chi connectivity index (χ2v) is 11.6. The van der Waals surface area contributed by atoms with E-state index < -0.39 is 34.4 Å². The molecule has 0 spiro atoms. The highest BCUT2D eigenvalue weighted by atomic mass is 35.5. The smallest absolute Gasteiger partial charge is 0.264 e. The van der Waals surface area contributed by atoms with Gasteiger partial charge in [0.2, 0.25) is 12.3 Å². The maximum Gasteiger partial charge on any atom is 0.264 e. The Bertz CT molecular complexity index is 1550. The number of amides is 2. The van der Waals surface area contributed by atoms with Gasteiger partial charge >= 0.3 is 0 Å². The number of aliphatic hydroxyl groups is 1. The predicted molar refractivity (Wildman–Crippen MR) is 143 cm³/mol. The van der Waals surface area contributed by atoms with Gasteiger partial charge in [-0.05, 0) is 36.4 Å². The van der Waals surface area contributed by atoms with E-state index in [1.807, 2.05) is 0 Å². The lowest BCUT2D eigenvalue weighted by Gasteiger charge is -2.36. The average molecular weight is 614 g/mol. The molecule has 3 aromatic rings. The van der Waals surface area contributed by atoms with Crippen molar-refractivity contribution in [1.29, 1.82) is 0 Å². The lowest BCUT2D eigenvalue weighted by Crippen LogP contribution is -2.50. The molecule has 0 saturated carbocycles. The van der Waals surface area contributed by atoms with Crippen molar-refractivity contribution in [2.75, 3.05) is 29.3 Å². The summed E-state index contributed by atoms with van der Waals surface area (Å²) in [6, 6.07) is 11.7. The van der Waals surface area contributed by atoms with Gasteiger partial charge in [-0.25, -0.2) is 13.4 Å². The second-order valence-electron chi connectivity index (χ2n) is 8.52. The molecule has 5 rings (SSSR count). The van der Waals surface area contributed by atoms with E-state index in [0.717, 1.165) is 9.21 Å². The summed E-state index contributed by atoms with van der Waals surface area (Å²) in [6.07, 6.45) is -1.13. The number of carbonyl (C=O) groups excluding carboxylic acids is 2. The van der Waals surface area contributed by atoms with E-state index in [0.29, 0.717) is 0 Å². The lowest BCUT2D eigenvalue weighted by atomic mass is 10.2. The molecular weight excluding hydrogens is 595 g/mol. The fraction of sp³-hybridized carbons (Fsp3) is 0.208. The number of aliphatic hydroxyl groups excluding tert-OH is 1. The molecule has 2 amide bonds. The maximum atomic E-state index is 13.8. The van der Waals surface area contributed by atoms with E-state index >= 15 is 0 Å². The molecule has 3 heterocycles. The van der Waals surface area contributed by atoms with Crippen LogP contribution in [-0.2, 0) is 19.6 Å². The standard InChI is InChI=1S/C24H19Cl3N4O7S/c25-13-3-1-4-16(7-13)39(35,36)31-11-15(10-30-20(32)12-37-24(30)34)38-23-19(31)8-14(9-28-23)29-22(33)21-17(26)5-2-6-18(21)27/h1-9,15,24,34H,10-12H2,(H,29,33)/t15-,24?/m0/s1. The minimum absolute atomic E-state index is 0.0267. The van der Waals surface area contributed by atoms with Gasteiger partial charge in [0, 0.05) is 5.02 Å². The highest BCUT2D eigenvalue weighted by molar-refractivity contribution is 7.92. The van der Waals surface area contributed by atoms with Crippen LogP contribution < -0.4 is 14.4 Å². The lowest BCUT2D eigenvalue weighted by molar-refractivity contribution is -0.151. The second kappa shape index (κ2) is 10.8. The fourth-order valence-electron chi connectivity index (χ4n) is 4.10. The van der Waals surface area contributed by atoms with Crippen molar-refractivity contribution in [1.82, 2.24) is 9.88 Å². The zero-order chi connectivity index (χ0) is 27.9. The van der Waals surface area contributed by atoms with E-state index in [-0.39, 0.29) is 62.5 Å². The molecule has 2 atom stereocenters. The number of hydrogen-bond acceptors (Lipinski definition) is 8. The quantitative estimate of drug-likeness (QED) is 0.432. The molecule has 0 aliphatic carbocycles. The normalized spacial score (nSPS) is 19.0. The van der Waals surface area contributed by atoms with Gasteiger partial charge in [-0.1, -0.05) is 46.9 Å². The van der Waals surface area contributed by atoms with Gasteiger partial charge in [0.15, 0.2) is 0 Å². The van der Waals surface area contributed by atoms with Crippen molar-refractivity contribution in [2.24, 2.45) is 0 Å². The SMILES string of the molecule is O=C(Nc1cnc2c(c1)N(S(=O)(=O)c1cccc(Cl)c1)C[C@H](CN1C(=O)COC1O)O2)c1c(Cl)cccc1Cl. The highest BCUT2D eigenvalue weighted by Gasteiger charge is 2.39. The number of anilines is 2. The number of hydrogen-bond donors (Lipinski definition) is 2. The Morgan fingerprint density at radius 3 is 2.51 bits per heavy atom. The molecule has 39 heavy (non-hydrogen) atoms. The zero-order valence-corrected chi connectivity index (χ0v) is 22.8. The minimum Gasteiger partial charge on any atom is -0.469 e. The number of nitrogens with zero attached hydrogens (tertiary/aromatic N) is 3. The van der Waals surface area contributed by atoms with Gasteiger partial charge in [-0.2, -0.15) is 0 Å². The number of sulfonamides is 1. The largest absolute Gasteiger partial charge is 0.469 e. The minimum atomic E-state index is -4.23. The average Bonchev–Trinajstić information content (AvgIpc) is 3.20. The van der Waals surface area contributed by atoms with E-state index in [9.17, 15) is 23.1 Å². The van der Waals surface area contributed by atoms with Crippen molar-refractivity contribution in [3.8, 4) is 5.88 Å². The first-order chi connectivity index (χ1) is 18.5. The molecule has 1 unspecified atom stereocenters. The summed E-state index contributed by atoms with van der Waals surface area (Å²) in [5, 5.41) is 13.1. The summed E-state index contributed by atoms with van der Waals surface area (Å²) in [4.78, 5) is 30.2. The van der Waals surface area contributed by atoms with E-state index in [2.05, 4.69) is 10.3 Å². The van der Waals surface area contributed by atoms with Crippen molar-refractivity contribution < 1.29 is 32.6 Å².